The van der Waals surface area contributed by atoms with Gasteiger partial charge in [0.15, 0.2) is 5.21 Å². The topological polar surface area (TPSA) is 146 Å². The van der Waals surface area contributed by atoms with Crippen LogP contribution in [0.1, 0.15) is 34.9 Å². The van der Waals surface area contributed by atoms with Gasteiger partial charge in [0.05, 0.1) is 23.5 Å². The Morgan fingerprint density at radius 1 is 1.02 bits per heavy atom. The molecule has 45 heavy (non-hydrogen) atoms. The highest BCUT2D eigenvalue weighted by Gasteiger charge is 2.46. The number of carbonyl (C=O) groups is 2. The molecule has 1 unspecified atom stereocenters. The number of hydrogen-bond acceptors (Lipinski definition) is 7. The van der Waals surface area contributed by atoms with Crippen LogP contribution in [-0.4, -0.2) is 78.4 Å². The van der Waals surface area contributed by atoms with Gasteiger partial charge < -0.3 is 15.3 Å². The second-order valence-corrected chi connectivity index (χ2v) is 11.9. The average molecular weight is 625 g/mol. The van der Waals surface area contributed by atoms with Crippen molar-refractivity contribution < 1.29 is 19.4 Å². The number of halogens is 1. The molecular weight excluding hydrogens is 594 g/mol. The number of carbonyl (C=O) groups excluding carboxylic acids is 1. The van der Waals surface area contributed by atoms with Crippen molar-refractivity contribution in [2.75, 3.05) is 26.2 Å². The largest absolute Gasteiger partial charge is 0.478 e. The van der Waals surface area contributed by atoms with E-state index in [2.05, 4.69) is 20.8 Å². The number of carboxylic acids is 1. The molecule has 228 valence electrons. The molecular formula is C32H31ClN9O3+. The van der Waals surface area contributed by atoms with Gasteiger partial charge in [0.2, 0.25) is 5.91 Å². The van der Waals surface area contributed by atoms with Crippen molar-refractivity contribution in [3.63, 3.8) is 0 Å². The number of tetrazole rings is 1. The van der Waals surface area contributed by atoms with Gasteiger partial charge in [0.25, 0.3) is 6.33 Å². The van der Waals surface area contributed by atoms with E-state index in [0.717, 1.165) is 66.2 Å². The third-order valence-electron chi connectivity index (χ3n) is 8.61. The van der Waals surface area contributed by atoms with Crippen LogP contribution < -0.4 is 10.00 Å². The van der Waals surface area contributed by atoms with Gasteiger partial charge >= 0.3 is 5.97 Å². The van der Waals surface area contributed by atoms with Crippen LogP contribution in [0.15, 0.2) is 79.5 Å². The summed E-state index contributed by atoms with van der Waals surface area (Å²) in [5, 5.41) is 28.5. The Labute approximate surface area is 263 Å². The Bertz CT molecular complexity index is 1820. The van der Waals surface area contributed by atoms with E-state index in [1.807, 2.05) is 52.3 Å². The van der Waals surface area contributed by atoms with Gasteiger partial charge in [-0.25, -0.2) is 4.79 Å². The predicted molar refractivity (Wildman–Crippen MR) is 165 cm³/mol. The first-order valence-corrected chi connectivity index (χ1v) is 15.2. The van der Waals surface area contributed by atoms with Gasteiger partial charge in [0.1, 0.15) is 10.8 Å². The highest BCUT2D eigenvalue weighted by atomic mass is 35.5. The number of aromatic nitrogens is 7. The molecule has 1 aliphatic heterocycles. The Kier molecular flexibility index (Phi) is 7.82. The van der Waals surface area contributed by atoms with Gasteiger partial charge in [-0.3, -0.25) is 14.5 Å². The predicted octanol–water partition coefficient (Wildman–Crippen LogP) is 3.41. The van der Waals surface area contributed by atoms with Crippen molar-refractivity contribution in [2.24, 2.45) is 11.8 Å². The molecule has 5 aromatic rings. The molecule has 12 nitrogen and oxygen atoms in total. The van der Waals surface area contributed by atoms with E-state index in [9.17, 15) is 14.7 Å². The van der Waals surface area contributed by atoms with Crippen molar-refractivity contribution in [3.8, 4) is 27.9 Å². The fourth-order valence-electron chi connectivity index (χ4n) is 6.05. The molecule has 1 amide bonds. The number of rotatable bonds is 9. The highest BCUT2D eigenvalue weighted by Crippen LogP contribution is 2.46. The number of pyridine rings is 1. The maximum atomic E-state index is 13.2. The van der Waals surface area contributed by atoms with Gasteiger partial charge in [-0.2, -0.15) is 5.10 Å². The first kappa shape index (κ1) is 28.8. The molecule has 1 aliphatic carbocycles. The molecule has 3 aromatic heterocycles. The Morgan fingerprint density at radius 3 is 2.53 bits per heavy atom. The zero-order valence-electron chi connectivity index (χ0n) is 24.3. The monoisotopic (exact) mass is 624 g/mol. The lowest BCUT2D eigenvalue weighted by atomic mass is 10.0. The summed E-state index contributed by atoms with van der Waals surface area (Å²) in [6.45, 7) is 3.15. The van der Waals surface area contributed by atoms with Crippen molar-refractivity contribution >= 4 is 23.5 Å². The zero-order valence-corrected chi connectivity index (χ0v) is 25.0. The summed E-state index contributed by atoms with van der Waals surface area (Å²) in [6.07, 6.45) is 8.72. The number of piperazine rings is 1. The van der Waals surface area contributed by atoms with Gasteiger partial charge in [-0.05, 0) is 60.7 Å². The van der Waals surface area contributed by atoms with Gasteiger partial charge in [-0.1, -0.05) is 35.0 Å². The summed E-state index contributed by atoms with van der Waals surface area (Å²) in [5.41, 5.74) is 5.35. The number of benzene rings is 2. The van der Waals surface area contributed by atoms with E-state index in [4.69, 9.17) is 21.7 Å². The number of carboxylic acid groups (broad SMARTS) is 1. The third kappa shape index (κ3) is 6.06. The van der Waals surface area contributed by atoms with Crippen LogP contribution in [0.4, 0.5) is 0 Å². The Balaban J connectivity index is 1.18. The average Bonchev–Trinajstić information content (AvgIpc) is 3.40. The lowest BCUT2D eigenvalue weighted by Gasteiger charge is -2.27. The fraction of sp³-hybridized carbons (Fsp3) is 0.281. The molecule has 3 atom stereocenters. The lowest BCUT2D eigenvalue weighted by molar-refractivity contribution is -0.659. The summed E-state index contributed by atoms with van der Waals surface area (Å²) >= 11 is 6.38. The first-order chi connectivity index (χ1) is 21.9. The Morgan fingerprint density at radius 2 is 1.82 bits per heavy atom. The smallest absolute Gasteiger partial charge is 0.335 e. The number of hydrogen-bond donors (Lipinski definition) is 3. The normalized spacial score (nSPS) is 18.5. The second kappa shape index (κ2) is 12.2. The molecule has 2 aliphatic rings. The van der Waals surface area contributed by atoms with Crippen LogP contribution in [-0.2, 0) is 4.79 Å². The van der Waals surface area contributed by atoms with Crippen molar-refractivity contribution in [2.45, 2.75) is 18.9 Å². The summed E-state index contributed by atoms with van der Waals surface area (Å²) in [7, 11) is 0. The molecule has 0 spiro atoms. The molecule has 0 bridgehead atoms. The molecule has 1 saturated heterocycles. The minimum Gasteiger partial charge on any atom is -0.478 e. The molecule has 2 aromatic carbocycles. The van der Waals surface area contributed by atoms with Crippen LogP contribution >= 0.6 is 11.6 Å². The van der Waals surface area contributed by atoms with Crippen LogP contribution in [0.5, 0.6) is 0 Å². The standard InChI is InChI=1S/C32H30ClN9O3/c33-25-6-8-29(42-19-36-38-39-42)26(15-25)22-5-7-28(35-16-22)30(14-23-13-27(23)31(43)40-11-9-34-10-12-40)41-18-24(17-37-41)20-1-3-21(4-2-20)32(44)45/h1-8,15-19,23,27,30,34H,9-14H2,(H,44,45)/p+1/t23-,27+,30?/m0/s1. The van der Waals surface area contributed by atoms with E-state index in [1.54, 1.807) is 41.5 Å². The third-order valence-corrected chi connectivity index (χ3v) is 8.85. The number of amides is 1. The van der Waals surface area contributed by atoms with Crippen molar-refractivity contribution in [3.05, 3.63) is 95.8 Å². The number of nitrogens with zero attached hydrogens (tertiary/aromatic N) is 7. The molecule has 13 heteroatoms. The van der Waals surface area contributed by atoms with Gasteiger partial charge in [0, 0.05) is 66.2 Å². The van der Waals surface area contributed by atoms with Crippen LogP contribution in [0.2, 0.25) is 5.02 Å². The van der Waals surface area contributed by atoms with E-state index < -0.39 is 5.97 Å². The van der Waals surface area contributed by atoms with E-state index in [-0.39, 0.29) is 29.3 Å². The quantitative estimate of drug-likeness (QED) is 0.212. The van der Waals surface area contributed by atoms with Crippen molar-refractivity contribution in [1.82, 2.24) is 40.5 Å². The van der Waals surface area contributed by atoms with Crippen molar-refractivity contribution in [1.29, 1.82) is 0 Å². The van der Waals surface area contributed by atoms with E-state index in [0.29, 0.717) is 11.4 Å². The minimum atomic E-state index is -0.967. The van der Waals surface area contributed by atoms with Gasteiger partial charge in [-0.15, -0.1) is 4.68 Å². The lowest BCUT2D eigenvalue weighted by Crippen LogP contribution is -2.47. The maximum Gasteiger partial charge on any atom is 0.335 e. The number of aromatic carboxylic acids is 1. The molecule has 2 fully saturated rings. The minimum absolute atomic E-state index is 0.0116. The molecule has 3 N–H and O–H groups in total. The van der Waals surface area contributed by atoms with E-state index in [1.165, 1.54) is 0 Å². The second-order valence-electron chi connectivity index (χ2n) is 11.5. The summed E-state index contributed by atoms with van der Waals surface area (Å²) in [5.74, 6) is -0.490. The molecule has 4 heterocycles. The summed E-state index contributed by atoms with van der Waals surface area (Å²) < 4.78 is 3.61. The fourth-order valence-corrected chi connectivity index (χ4v) is 6.22. The summed E-state index contributed by atoms with van der Waals surface area (Å²) in [6, 6.07) is 16.1. The molecule has 1 saturated carbocycles. The van der Waals surface area contributed by atoms with Crippen LogP contribution in [0.25, 0.3) is 27.9 Å². The SMILES string of the molecule is O=C(O)c1ccc(-c2cnn(C(C[C@@H]3C[C@H]3C(=O)N3CCNCC3)c3ccc(-c4cc(Cl)ccc4-[n+]4cnn[nH]4)cn3)c2)cc1. The van der Waals surface area contributed by atoms with E-state index >= 15 is 0 Å². The summed E-state index contributed by atoms with van der Waals surface area (Å²) in [4.78, 5) is 31.5. The Hall–Kier alpha value is -4.94. The number of H-pyrrole nitrogens is 1. The number of nitrogens with one attached hydrogen (secondary N) is 2. The zero-order chi connectivity index (χ0) is 30.9. The number of aromatic amines is 1. The van der Waals surface area contributed by atoms with Crippen LogP contribution in [0, 0.1) is 11.8 Å². The maximum absolute atomic E-state index is 13.2. The molecule has 7 rings (SSSR count). The highest BCUT2D eigenvalue weighted by molar-refractivity contribution is 6.31. The molecule has 0 radical (unpaired) electrons. The first-order valence-electron chi connectivity index (χ1n) is 14.9. The van der Waals surface area contributed by atoms with Crippen LogP contribution in [0.3, 0.4) is 0 Å².